The largest absolute Gasteiger partial charge is 0.478 e. The lowest BCUT2D eigenvalue weighted by molar-refractivity contribution is 0.325. The maximum absolute atomic E-state index is 5.33. The van der Waals surface area contributed by atoms with Crippen LogP contribution in [0.2, 0.25) is 0 Å². The SMILES string of the molecule is CCOc1cc(NCCNC)nc(C)n1. The first-order valence-corrected chi connectivity index (χ1v) is 5.13. The summed E-state index contributed by atoms with van der Waals surface area (Å²) >= 11 is 0. The van der Waals surface area contributed by atoms with Gasteiger partial charge in [0.25, 0.3) is 0 Å². The van der Waals surface area contributed by atoms with Crippen LogP contribution in [0.25, 0.3) is 0 Å². The van der Waals surface area contributed by atoms with E-state index in [1.54, 1.807) is 0 Å². The second-order valence-electron chi connectivity index (χ2n) is 3.10. The van der Waals surface area contributed by atoms with Crippen molar-refractivity contribution in [2.75, 3.05) is 32.1 Å². The van der Waals surface area contributed by atoms with E-state index in [4.69, 9.17) is 4.74 Å². The Morgan fingerprint density at radius 1 is 1.33 bits per heavy atom. The second kappa shape index (κ2) is 6.19. The van der Waals surface area contributed by atoms with Crippen LogP contribution in [0.5, 0.6) is 5.88 Å². The summed E-state index contributed by atoms with van der Waals surface area (Å²) in [5.74, 6) is 2.14. The molecule has 0 spiro atoms. The van der Waals surface area contributed by atoms with Gasteiger partial charge in [0.15, 0.2) is 0 Å². The molecular formula is C10H18N4O. The van der Waals surface area contributed by atoms with Crippen LogP contribution in [0.15, 0.2) is 6.07 Å². The molecule has 0 amide bonds. The molecule has 0 radical (unpaired) electrons. The molecule has 0 unspecified atom stereocenters. The van der Waals surface area contributed by atoms with Crippen molar-refractivity contribution < 1.29 is 4.74 Å². The van der Waals surface area contributed by atoms with E-state index in [-0.39, 0.29) is 0 Å². The van der Waals surface area contributed by atoms with Crippen LogP contribution in [0.4, 0.5) is 5.82 Å². The molecule has 0 saturated carbocycles. The van der Waals surface area contributed by atoms with E-state index in [0.29, 0.717) is 18.3 Å². The Morgan fingerprint density at radius 3 is 2.80 bits per heavy atom. The van der Waals surface area contributed by atoms with Crippen molar-refractivity contribution in [1.82, 2.24) is 15.3 Å². The zero-order valence-corrected chi connectivity index (χ0v) is 9.50. The molecule has 0 aliphatic rings. The van der Waals surface area contributed by atoms with E-state index < -0.39 is 0 Å². The van der Waals surface area contributed by atoms with Crippen molar-refractivity contribution in [1.29, 1.82) is 0 Å². The number of aromatic nitrogens is 2. The summed E-state index contributed by atoms with van der Waals surface area (Å²) in [5.41, 5.74) is 0. The van der Waals surface area contributed by atoms with Gasteiger partial charge < -0.3 is 15.4 Å². The Hall–Kier alpha value is -1.36. The predicted octanol–water partition coefficient (Wildman–Crippen LogP) is 0.815. The highest BCUT2D eigenvalue weighted by Crippen LogP contribution is 2.12. The van der Waals surface area contributed by atoms with Gasteiger partial charge in [-0.2, -0.15) is 4.98 Å². The summed E-state index contributed by atoms with van der Waals surface area (Å²) in [6.07, 6.45) is 0. The number of rotatable bonds is 6. The first-order valence-electron chi connectivity index (χ1n) is 5.13. The lowest BCUT2D eigenvalue weighted by Gasteiger charge is -2.08. The third-order valence-corrected chi connectivity index (χ3v) is 1.79. The molecule has 1 aromatic heterocycles. The third-order valence-electron chi connectivity index (χ3n) is 1.79. The topological polar surface area (TPSA) is 59.1 Å². The lowest BCUT2D eigenvalue weighted by Crippen LogP contribution is -2.18. The molecule has 0 aliphatic carbocycles. The number of nitrogens with one attached hydrogen (secondary N) is 2. The maximum atomic E-state index is 5.33. The van der Waals surface area contributed by atoms with Crippen molar-refractivity contribution in [3.8, 4) is 5.88 Å². The van der Waals surface area contributed by atoms with Crippen LogP contribution in [0.1, 0.15) is 12.7 Å². The van der Waals surface area contributed by atoms with E-state index >= 15 is 0 Å². The first kappa shape index (κ1) is 11.7. The molecule has 0 saturated heterocycles. The van der Waals surface area contributed by atoms with Gasteiger partial charge in [-0.3, -0.25) is 0 Å². The van der Waals surface area contributed by atoms with Crippen LogP contribution in [-0.2, 0) is 0 Å². The van der Waals surface area contributed by atoms with Crippen LogP contribution >= 0.6 is 0 Å². The highest BCUT2D eigenvalue weighted by molar-refractivity contribution is 5.38. The molecule has 15 heavy (non-hydrogen) atoms. The summed E-state index contributed by atoms with van der Waals surface area (Å²) in [6.45, 7) is 6.13. The lowest BCUT2D eigenvalue weighted by atomic mass is 10.5. The van der Waals surface area contributed by atoms with Crippen LogP contribution in [-0.4, -0.2) is 36.7 Å². The minimum atomic E-state index is 0.617. The normalized spacial score (nSPS) is 10.1. The fraction of sp³-hybridized carbons (Fsp3) is 0.600. The Balaban J connectivity index is 2.62. The minimum Gasteiger partial charge on any atom is -0.478 e. The van der Waals surface area contributed by atoms with Gasteiger partial charge >= 0.3 is 0 Å². The van der Waals surface area contributed by atoms with E-state index in [1.165, 1.54) is 0 Å². The van der Waals surface area contributed by atoms with Gasteiger partial charge in [0.05, 0.1) is 6.61 Å². The van der Waals surface area contributed by atoms with Crippen molar-refractivity contribution in [3.63, 3.8) is 0 Å². The number of aryl methyl sites for hydroxylation is 1. The summed E-state index contributed by atoms with van der Waals surface area (Å²) in [7, 11) is 1.92. The van der Waals surface area contributed by atoms with Gasteiger partial charge in [0.2, 0.25) is 5.88 Å². The molecule has 0 aromatic carbocycles. The van der Waals surface area contributed by atoms with Crippen LogP contribution in [0, 0.1) is 6.92 Å². The molecule has 84 valence electrons. The van der Waals surface area contributed by atoms with Crippen LogP contribution < -0.4 is 15.4 Å². The summed E-state index contributed by atoms with van der Waals surface area (Å²) in [6, 6.07) is 1.81. The summed E-state index contributed by atoms with van der Waals surface area (Å²) < 4.78 is 5.33. The molecule has 1 rings (SSSR count). The zero-order chi connectivity index (χ0) is 11.1. The molecule has 5 nitrogen and oxygen atoms in total. The van der Waals surface area contributed by atoms with E-state index in [2.05, 4.69) is 20.6 Å². The molecule has 0 atom stereocenters. The standard InChI is InChI=1S/C10H18N4O/c1-4-15-10-7-9(12-6-5-11-3)13-8(2)14-10/h7,11H,4-6H2,1-3H3,(H,12,13,14). The Morgan fingerprint density at radius 2 is 2.13 bits per heavy atom. The molecule has 1 aromatic rings. The highest BCUT2D eigenvalue weighted by Gasteiger charge is 2.01. The molecule has 0 fully saturated rings. The fourth-order valence-corrected chi connectivity index (χ4v) is 1.17. The average Bonchev–Trinajstić information content (AvgIpc) is 2.18. The number of hydrogen-bond acceptors (Lipinski definition) is 5. The van der Waals surface area contributed by atoms with Crippen molar-refractivity contribution >= 4 is 5.82 Å². The van der Waals surface area contributed by atoms with Crippen molar-refractivity contribution in [3.05, 3.63) is 11.9 Å². The van der Waals surface area contributed by atoms with Crippen LogP contribution in [0.3, 0.4) is 0 Å². The maximum Gasteiger partial charge on any atom is 0.218 e. The molecule has 0 bridgehead atoms. The van der Waals surface area contributed by atoms with Gasteiger partial charge in [-0.25, -0.2) is 4.98 Å². The Labute approximate surface area is 90.3 Å². The molecule has 5 heteroatoms. The number of hydrogen-bond donors (Lipinski definition) is 2. The third kappa shape index (κ3) is 4.12. The fourth-order valence-electron chi connectivity index (χ4n) is 1.17. The summed E-state index contributed by atoms with van der Waals surface area (Å²) in [5, 5.41) is 6.25. The van der Waals surface area contributed by atoms with E-state index in [0.717, 1.165) is 18.9 Å². The van der Waals surface area contributed by atoms with E-state index in [9.17, 15) is 0 Å². The van der Waals surface area contributed by atoms with Crippen molar-refractivity contribution in [2.45, 2.75) is 13.8 Å². The number of anilines is 1. The molecule has 0 aliphatic heterocycles. The Kier molecular flexibility index (Phi) is 4.83. The molecule has 1 heterocycles. The first-order chi connectivity index (χ1) is 7.26. The Bertz CT molecular complexity index is 303. The average molecular weight is 210 g/mol. The molecule has 2 N–H and O–H groups in total. The summed E-state index contributed by atoms with van der Waals surface area (Å²) in [4.78, 5) is 8.42. The van der Waals surface area contributed by atoms with Crippen molar-refractivity contribution in [2.24, 2.45) is 0 Å². The highest BCUT2D eigenvalue weighted by atomic mass is 16.5. The number of nitrogens with zero attached hydrogens (tertiary/aromatic N) is 2. The predicted molar refractivity (Wildman–Crippen MR) is 60.4 cm³/mol. The van der Waals surface area contributed by atoms with Gasteiger partial charge in [-0.15, -0.1) is 0 Å². The number of ether oxygens (including phenoxy) is 1. The minimum absolute atomic E-state index is 0.617. The monoisotopic (exact) mass is 210 g/mol. The molecular weight excluding hydrogens is 192 g/mol. The smallest absolute Gasteiger partial charge is 0.218 e. The van der Waals surface area contributed by atoms with Gasteiger partial charge in [0.1, 0.15) is 11.6 Å². The zero-order valence-electron chi connectivity index (χ0n) is 9.50. The van der Waals surface area contributed by atoms with E-state index in [1.807, 2.05) is 27.0 Å². The van der Waals surface area contributed by atoms with Gasteiger partial charge in [-0.05, 0) is 20.9 Å². The van der Waals surface area contributed by atoms with Gasteiger partial charge in [0, 0.05) is 19.2 Å². The number of likely N-dealkylation sites (N-methyl/N-ethyl adjacent to an activating group) is 1. The second-order valence-corrected chi connectivity index (χ2v) is 3.10. The quantitative estimate of drug-likeness (QED) is 0.681. The van der Waals surface area contributed by atoms with Gasteiger partial charge in [-0.1, -0.05) is 0 Å².